The summed E-state index contributed by atoms with van der Waals surface area (Å²) in [5, 5.41) is 7.91. The number of amides is 1. The van der Waals surface area contributed by atoms with Gasteiger partial charge < -0.3 is 19.6 Å². The van der Waals surface area contributed by atoms with Crippen LogP contribution in [0.1, 0.15) is 44.9 Å². The van der Waals surface area contributed by atoms with E-state index in [0.29, 0.717) is 18.3 Å². The number of hydrogen-bond acceptors (Lipinski definition) is 6. The lowest BCUT2D eigenvalue weighted by atomic mass is 9.81. The fraction of sp³-hybridized carbons (Fsp3) is 0.500. The second kappa shape index (κ2) is 11.1. The Morgan fingerprint density at radius 2 is 1.84 bits per heavy atom. The Kier molecular flexibility index (Phi) is 7.60. The largest absolute Gasteiger partial charge is 0.356 e. The van der Waals surface area contributed by atoms with Crippen molar-refractivity contribution in [3.63, 3.8) is 0 Å². The van der Waals surface area contributed by atoms with Gasteiger partial charge >= 0.3 is 0 Å². The zero-order chi connectivity index (χ0) is 25.8. The molecule has 0 aliphatic carbocycles. The van der Waals surface area contributed by atoms with E-state index in [1.807, 2.05) is 29.3 Å². The van der Waals surface area contributed by atoms with E-state index in [1.54, 1.807) is 0 Å². The molecule has 7 nitrogen and oxygen atoms in total. The van der Waals surface area contributed by atoms with Crippen molar-refractivity contribution in [2.45, 2.75) is 45.4 Å². The summed E-state index contributed by atoms with van der Waals surface area (Å²) in [6, 6.07) is 16.6. The molecule has 196 valence electrons. The van der Waals surface area contributed by atoms with Gasteiger partial charge in [0.25, 0.3) is 0 Å². The summed E-state index contributed by atoms with van der Waals surface area (Å²) < 4.78 is 5.72. The van der Waals surface area contributed by atoms with Gasteiger partial charge in [0, 0.05) is 50.4 Å². The van der Waals surface area contributed by atoms with Crippen LogP contribution in [-0.4, -0.2) is 60.2 Å². The quantitative estimate of drug-likeness (QED) is 0.535. The molecule has 0 spiro atoms. The van der Waals surface area contributed by atoms with Crippen molar-refractivity contribution in [3.8, 4) is 11.3 Å². The summed E-state index contributed by atoms with van der Waals surface area (Å²) in [6.07, 6.45) is 4.27. The highest BCUT2D eigenvalue weighted by atomic mass is 16.5. The Morgan fingerprint density at radius 3 is 2.54 bits per heavy atom. The highest BCUT2D eigenvalue weighted by Gasteiger charge is 2.31. The SMILES string of the molecule is CC(C)(C)c1ccc(-c2cc(C[C@H]3CNCC[C@H]3CC(=O)N3CCN(c4ccccn4)CC3)no2)cc1. The number of carbonyl (C=O) groups is 1. The average Bonchev–Trinajstić information content (AvgIpc) is 3.38. The first-order valence-corrected chi connectivity index (χ1v) is 13.6. The van der Waals surface area contributed by atoms with E-state index < -0.39 is 0 Å². The molecule has 2 aliphatic heterocycles. The fourth-order valence-electron chi connectivity index (χ4n) is 5.51. The van der Waals surface area contributed by atoms with E-state index in [-0.39, 0.29) is 11.3 Å². The zero-order valence-corrected chi connectivity index (χ0v) is 22.3. The highest BCUT2D eigenvalue weighted by Crippen LogP contribution is 2.30. The molecule has 2 saturated heterocycles. The molecule has 5 rings (SSSR count). The second-order valence-corrected chi connectivity index (χ2v) is 11.5. The molecule has 2 aliphatic rings. The smallest absolute Gasteiger partial charge is 0.222 e. The number of anilines is 1. The van der Waals surface area contributed by atoms with Crippen molar-refractivity contribution in [1.29, 1.82) is 0 Å². The molecule has 7 heteroatoms. The lowest BCUT2D eigenvalue weighted by molar-refractivity contribution is -0.133. The van der Waals surface area contributed by atoms with Crippen LogP contribution in [-0.2, 0) is 16.6 Å². The zero-order valence-electron chi connectivity index (χ0n) is 22.3. The molecular formula is C30H39N5O2. The molecule has 4 heterocycles. The number of aromatic nitrogens is 2. The molecular weight excluding hydrogens is 462 g/mol. The molecule has 0 unspecified atom stereocenters. The first kappa shape index (κ1) is 25.5. The van der Waals surface area contributed by atoms with Gasteiger partial charge in [-0.25, -0.2) is 4.98 Å². The topological polar surface area (TPSA) is 74.5 Å². The van der Waals surface area contributed by atoms with Crippen molar-refractivity contribution in [2.24, 2.45) is 11.8 Å². The van der Waals surface area contributed by atoms with E-state index >= 15 is 0 Å². The Bertz CT molecular complexity index is 1160. The van der Waals surface area contributed by atoms with Crippen LogP contribution in [0.15, 0.2) is 59.3 Å². The summed E-state index contributed by atoms with van der Waals surface area (Å²) in [7, 11) is 0. The minimum atomic E-state index is 0.123. The van der Waals surface area contributed by atoms with E-state index in [2.05, 4.69) is 71.5 Å². The van der Waals surface area contributed by atoms with Gasteiger partial charge in [-0.05, 0) is 60.9 Å². The molecule has 0 radical (unpaired) electrons. The molecule has 2 aromatic heterocycles. The number of carbonyl (C=O) groups excluding carboxylic acids is 1. The number of piperazine rings is 1. The minimum absolute atomic E-state index is 0.123. The number of hydrogen-bond donors (Lipinski definition) is 1. The van der Waals surface area contributed by atoms with Crippen LogP contribution >= 0.6 is 0 Å². The van der Waals surface area contributed by atoms with E-state index in [1.165, 1.54) is 5.56 Å². The lowest BCUT2D eigenvalue weighted by Crippen LogP contribution is -2.50. The Balaban J connectivity index is 1.17. The van der Waals surface area contributed by atoms with Crippen molar-refractivity contribution < 1.29 is 9.32 Å². The summed E-state index contributed by atoms with van der Waals surface area (Å²) in [4.78, 5) is 22.0. The molecule has 1 N–H and O–H groups in total. The third-order valence-electron chi connectivity index (χ3n) is 7.87. The van der Waals surface area contributed by atoms with Crippen molar-refractivity contribution >= 4 is 11.7 Å². The molecule has 1 aromatic carbocycles. The summed E-state index contributed by atoms with van der Waals surface area (Å²) in [6.45, 7) is 11.7. The number of nitrogens with zero attached hydrogens (tertiary/aromatic N) is 4. The maximum atomic E-state index is 13.2. The van der Waals surface area contributed by atoms with Crippen LogP contribution in [0.5, 0.6) is 0 Å². The van der Waals surface area contributed by atoms with Crippen LogP contribution in [0.3, 0.4) is 0 Å². The molecule has 3 aromatic rings. The maximum absolute atomic E-state index is 13.2. The van der Waals surface area contributed by atoms with Crippen molar-refractivity contribution in [2.75, 3.05) is 44.2 Å². The molecule has 1 amide bonds. The van der Waals surface area contributed by atoms with Crippen molar-refractivity contribution in [1.82, 2.24) is 20.4 Å². The first-order chi connectivity index (χ1) is 17.9. The van der Waals surface area contributed by atoms with Crippen LogP contribution in [0.4, 0.5) is 5.82 Å². The number of piperidine rings is 1. The number of rotatable bonds is 6. The predicted octanol–water partition coefficient (Wildman–Crippen LogP) is 4.54. The van der Waals surface area contributed by atoms with Gasteiger partial charge in [-0.3, -0.25) is 4.79 Å². The average molecular weight is 502 g/mol. The maximum Gasteiger partial charge on any atom is 0.222 e. The molecule has 37 heavy (non-hydrogen) atoms. The van der Waals surface area contributed by atoms with Crippen LogP contribution in [0.25, 0.3) is 11.3 Å². The Hall–Kier alpha value is -3.19. The van der Waals surface area contributed by atoms with E-state index in [0.717, 1.165) is 74.9 Å². The highest BCUT2D eigenvalue weighted by molar-refractivity contribution is 5.77. The number of nitrogens with one attached hydrogen (secondary N) is 1. The van der Waals surface area contributed by atoms with Gasteiger partial charge in [0.2, 0.25) is 5.91 Å². The molecule has 2 atom stereocenters. The van der Waals surface area contributed by atoms with Crippen molar-refractivity contribution in [3.05, 3.63) is 66.0 Å². The summed E-state index contributed by atoms with van der Waals surface area (Å²) in [5.74, 6) is 2.79. The van der Waals surface area contributed by atoms with Gasteiger partial charge in [0.1, 0.15) is 5.82 Å². The van der Waals surface area contributed by atoms with E-state index in [9.17, 15) is 4.79 Å². The fourth-order valence-corrected chi connectivity index (χ4v) is 5.51. The lowest BCUT2D eigenvalue weighted by Gasteiger charge is -2.37. The normalized spacial score (nSPS) is 20.7. The third kappa shape index (κ3) is 6.21. The molecule has 0 bridgehead atoms. The van der Waals surface area contributed by atoms with Gasteiger partial charge in [-0.15, -0.1) is 0 Å². The summed E-state index contributed by atoms with van der Waals surface area (Å²) >= 11 is 0. The van der Waals surface area contributed by atoms with Gasteiger partial charge in [-0.1, -0.05) is 56.3 Å². The van der Waals surface area contributed by atoms with Crippen LogP contribution in [0, 0.1) is 11.8 Å². The van der Waals surface area contributed by atoms with Gasteiger partial charge in [-0.2, -0.15) is 0 Å². The Labute approximate surface area is 220 Å². The first-order valence-electron chi connectivity index (χ1n) is 13.6. The second-order valence-electron chi connectivity index (χ2n) is 11.5. The monoisotopic (exact) mass is 501 g/mol. The molecule has 2 fully saturated rings. The third-order valence-corrected chi connectivity index (χ3v) is 7.87. The van der Waals surface area contributed by atoms with Gasteiger partial charge in [0.05, 0.1) is 5.69 Å². The number of benzene rings is 1. The summed E-state index contributed by atoms with van der Waals surface area (Å²) in [5.41, 5.74) is 3.43. The predicted molar refractivity (Wildman–Crippen MR) is 146 cm³/mol. The van der Waals surface area contributed by atoms with Gasteiger partial charge in [0.15, 0.2) is 5.76 Å². The molecule has 0 saturated carbocycles. The Morgan fingerprint density at radius 1 is 1.05 bits per heavy atom. The van der Waals surface area contributed by atoms with Crippen LogP contribution < -0.4 is 10.2 Å². The minimum Gasteiger partial charge on any atom is -0.356 e. The standard InChI is InChI=1S/C30H39N5O2/c1-30(2,3)25-9-7-22(8-10-25)27-20-26(33-37-27)18-24-21-31-13-11-23(24)19-29(36)35-16-14-34(15-17-35)28-6-4-5-12-32-28/h4-10,12,20,23-24,31H,11,13-19,21H2,1-3H3/t23-,24-/m0/s1. The number of pyridine rings is 1. The van der Waals surface area contributed by atoms with Crippen LogP contribution in [0.2, 0.25) is 0 Å². The van der Waals surface area contributed by atoms with E-state index in [4.69, 9.17) is 4.52 Å².